The van der Waals surface area contributed by atoms with E-state index in [4.69, 9.17) is 5.73 Å². The summed E-state index contributed by atoms with van der Waals surface area (Å²) in [7, 11) is -4.51. The van der Waals surface area contributed by atoms with Gasteiger partial charge < -0.3 is 15.8 Å². The summed E-state index contributed by atoms with van der Waals surface area (Å²) in [6.45, 7) is 0. The van der Waals surface area contributed by atoms with Gasteiger partial charge in [-0.1, -0.05) is 12.1 Å². The van der Waals surface area contributed by atoms with Crippen molar-refractivity contribution in [2.75, 3.05) is 0 Å². The van der Waals surface area contributed by atoms with Crippen LogP contribution in [-0.2, 0) is 19.6 Å². The molecule has 0 heterocycles. The van der Waals surface area contributed by atoms with Gasteiger partial charge in [0.2, 0.25) is 21.8 Å². The van der Waals surface area contributed by atoms with E-state index >= 15 is 0 Å². The number of carbonyl (C=O) groups is 2. The molecule has 35 heavy (non-hydrogen) atoms. The van der Waals surface area contributed by atoms with Crippen molar-refractivity contribution in [1.82, 2.24) is 10.0 Å². The highest BCUT2D eigenvalue weighted by molar-refractivity contribution is 7.89. The molecule has 4 N–H and O–H groups in total. The Labute approximate surface area is 201 Å². The maximum absolute atomic E-state index is 13.4. The van der Waals surface area contributed by atoms with Crippen molar-refractivity contribution in [1.29, 1.82) is 0 Å². The molecule has 1 aromatic rings. The van der Waals surface area contributed by atoms with Crippen LogP contribution in [0.3, 0.4) is 0 Å². The zero-order chi connectivity index (χ0) is 25.2. The minimum absolute atomic E-state index is 0.0901. The van der Waals surface area contributed by atoms with E-state index in [0.29, 0.717) is 25.2 Å². The third-order valence-corrected chi connectivity index (χ3v) is 10.0. The average Bonchev–Trinajstić information content (AvgIpc) is 2.72. The lowest BCUT2D eigenvalue weighted by Gasteiger charge is -2.59. The largest absolute Gasteiger partial charge is 0.573 e. The van der Waals surface area contributed by atoms with Crippen molar-refractivity contribution >= 4 is 21.8 Å². The Morgan fingerprint density at radius 2 is 1.69 bits per heavy atom. The number of ether oxygens (including phenoxy) is 1. The Morgan fingerprint density at radius 3 is 2.23 bits per heavy atom. The van der Waals surface area contributed by atoms with E-state index in [1.165, 1.54) is 12.1 Å². The fraction of sp³-hybridized carbons (Fsp3) is 0.652. The van der Waals surface area contributed by atoms with E-state index in [2.05, 4.69) is 14.8 Å². The molecule has 0 saturated heterocycles. The predicted octanol–water partition coefficient (Wildman–Crippen LogP) is 2.58. The number of nitrogens with one attached hydrogen (secondary N) is 2. The smallest absolute Gasteiger partial charge is 0.404 e. The highest BCUT2D eigenvalue weighted by Gasteiger charge is 2.59. The number of alkyl halides is 3. The standard InChI is InChI=1S/C23H28F3N3O5S/c24-23(25,26)34-16-4-1-2-5-17(16)35(32,33)29-22(6-3-7-22)20(31)28-18-14-8-13-9-15(18)12-21(10-13,11-14)19(27)30/h1-2,4-5,13-15,18,29H,3,6-12H2,(H2,27,30)(H,28,31). The zero-order valence-electron chi connectivity index (χ0n) is 18.9. The number of primary amides is 1. The van der Waals surface area contributed by atoms with Gasteiger partial charge in [-0.3, -0.25) is 9.59 Å². The molecule has 5 aliphatic carbocycles. The van der Waals surface area contributed by atoms with Crippen LogP contribution < -0.4 is 20.5 Å². The summed E-state index contributed by atoms with van der Waals surface area (Å²) >= 11 is 0. The second-order valence-corrected chi connectivity index (χ2v) is 12.3. The molecule has 5 aliphatic rings. The molecule has 0 aliphatic heterocycles. The minimum Gasteiger partial charge on any atom is -0.404 e. The molecule has 5 fully saturated rings. The molecule has 2 atom stereocenters. The van der Waals surface area contributed by atoms with Crippen molar-refractivity contribution in [3.8, 4) is 5.75 Å². The van der Waals surface area contributed by atoms with E-state index in [0.717, 1.165) is 31.4 Å². The molecule has 0 aromatic heterocycles. The Kier molecular flexibility index (Phi) is 5.63. The summed E-state index contributed by atoms with van der Waals surface area (Å²) < 4.78 is 70.9. The van der Waals surface area contributed by atoms with Gasteiger partial charge in [0, 0.05) is 11.5 Å². The summed E-state index contributed by atoms with van der Waals surface area (Å²) in [6, 6.07) is 4.26. The SMILES string of the molecule is NC(=O)C12CC3CC(C1)C(NC(=O)C1(NS(=O)(=O)c4ccccc4OC(F)(F)F)CCC1)C(C3)C2. The quantitative estimate of drug-likeness (QED) is 0.514. The monoisotopic (exact) mass is 515 g/mol. The predicted molar refractivity (Wildman–Crippen MR) is 117 cm³/mol. The third kappa shape index (κ3) is 4.28. The fourth-order valence-corrected chi connectivity index (χ4v) is 8.50. The number of para-hydroxylation sites is 1. The van der Waals surface area contributed by atoms with Crippen LogP contribution in [0.25, 0.3) is 0 Å². The van der Waals surface area contributed by atoms with Gasteiger partial charge in [-0.2, -0.15) is 4.72 Å². The first kappa shape index (κ1) is 24.4. The highest BCUT2D eigenvalue weighted by atomic mass is 32.2. The van der Waals surface area contributed by atoms with E-state index < -0.39 is 43.9 Å². The van der Waals surface area contributed by atoms with Gasteiger partial charge >= 0.3 is 6.36 Å². The van der Waals surface area contributed by atoms with Crippen molar-refractivity contribution < 1.29 is 35.9 Å². The van der Waals surface area contributed by atoms with Gasteiger partial charge in [0.25, 0.3) is 0 Å². The summed E-state index contributed by atoms with van der Waals surface area (Å²) in [5.41, 5.74) is 3.77. The first-order chi connectivity index (χ1) is 16.3. The highest BCUT2D eigenvalue weighted by Crippen LogP contribution is 2.60. The van der Waals surface area contributed by atoms with Crippen molar-refractivity contribution in [2.45, 2.75) is 74.2 Å². The molecule has 12 heteroatoms. The van der Waals surface area contributed by atoms with Gasteiger partial charge in [0.15, 0.2) is 0 Å². The molecule has 8 nitrogen and oxygen atoms in total. The van der Waals surface area contributed by atoms with Crippen molar-refractivity contribution in [2.24, 2.45) is 28.9 Å². The van der Waals surface area contributed by atoms with Crippen molar-refractivity contribution in [3.05, 3.63) is 24.3 Å². The van der Waals surface area contributed by atoms with Crippen LogP contribution in [0, 0.1) is 23.2 Å². The summed E-state index contributed by atoms with van der Waals surface area (Å²) in [5.74, 6) is -1.05. The van der Waals surface area contributed by atoms with Crippen LogP contribution in [0.5, 0.6) is 5.75 Å². The number of sulfonamides is 1. The molecule has 5 saturated carbocycles. The summed E-state index contributed by atoms with van der Waals surface area (Å²) in [4.78, 5) is 24.9. The number of benzene rings is 1. The average molecular weight is 516 g/mol. The minimum atomic E-state index is -5.07. The van der Waals surface area contributed by atoms with Crippen LogP contribution in [0.4, 0.5) is 13.2 Å². The Bertz CT molecular complexity index is 1140. The zero-order valence-corrected chi connectivity index (χ0v) is 19.8. The Hall–Kier alpha value is -2.34. The molecule has 0 radical (unpaired) electrons. The molecular weight excluding hydrogens is 487 g/mol. The van der Waals surface area contributed by atoms with Crippen LogP contribution in [-0.4, -0.2) is 38.2 Å². The number of amides is 2. The molecular formula is C23H28F3N3O5S. The lowest BCUT2D eigenvalue weighted by molar-refractivity contribution is -0.275. The number of carbonyl (C=O) groups excluding carboxylic acids is 2. The normalized spacial score (nSPS) is 33.1. The molecule has 4 bridgehead atoms. The van der Waals surface area contributed by atoms with Crippen LogP contribution in [0.15, 0.2) is 29.2 Å². The van der Waals surface area contributed by atoms with E-state index in [1.807, 2.05) is 0 Å². The van der Waals surface area contributed by atoms with E-state index in [-0.39, 0.29) is 36.6 Å². The topological polar surface area (TPSA) is 128 Å². The maximum atomic E-state index is 13.4. The van der Waals surface area contributed by atoms with Gasteiger partial charge in [-0.25, -0.2) is 8.42 Å². The fourth-order valence-electron chi connectivity index (χ4n) is 6.95. The first-order valence-electron chi connectivity index (χ1n) is 11.8. The number of halogens is 3. The second kappa shape index (κ2) is 8.09. The van der Waals surface area contributed by atoms with Crippen LogP contribution in [0.1, 0.15) is 51.4 Å². The summed E-state index contributed by atoms with van der Waals surface area (Å²) in [6.07, 6.45) is -0.220. The lowest BCUT2D eigenvalue weighted by atomic mass is 9.47. The molecule has 0 spiro atoms. The van der Waals surface area contributed by atoms with E-state index in [1.54, 1.807) is 0 Å². The Balaban J connectivity index is 1.34. The van der Waals surface area contributed by atoms with Gasteiger partial charge in [0.05, 0.1) is 0 Å². The molecule has 192 valence electrons. The van der Waals surface area contributed by atoms with Gasteiger partial charge in [0.1, 0.15) is 16.2 Å². The number of nitrogens with two attached hydrogens (primary N) is 1. The van der Waals surface area contributed by atoms with Crippen LogP contribution >= 0.6 is 0 Å². The molecule has 2 amide bonds. The molecule has 1 aromatic carbocycles. The number of hydrogen-bond acceptors (Lipinski definition) is 5. The van der Waals surface area contributed by atoms with Crippen molar-refractivity contribution in [3.63, 3.8) is 0 Å². The molecule has 6 rings (SSSR count). The van der Waals surface area contributed by atoms with E-state index in [9.17, 15) is 31.2 Å². The first-order valence-corrected chi connectivity index (χ1v) is 13.3. The lowest BCUT2D eigenvalue weighted by Crippen LogP contribution is -2.68. The summed E-state index contributed by atoms with van der Waals surface area (Å²) in [5, 5.41) is 3.06. The Morgan fingerprint density at radius 1 is 1.06 bits per heavy atom. The van der Waals surface area contributed by atoms with Crippen LogP contribution in [0.2, 0.25) is 0 Å². The van der Waals surface area contributed by atoms with Gasteiger partial charge in [-0.05, 0) is 81.3 Å². The van der Waals surface area contributed by atoms with Gasteiger partial charge in [-0.15, -0.1) is 13.2 Å². The second-order valence-electron chi connectivity index (χ2n) is 10.6. The number of hydrogen-bond donors (Lipinski definition) is 3. The number of rotatable bonds is 7. The third-order valence-electron chi connectivity index (χ3n) is 8.43. The molecule has 2 unspecified atom stereocenters. The maximum Gasteiger partial charge on any atom is 0.573 e.